The number of piperazine rings is 1. The Morgan fingerprint density at radius 1 is 1.16 bits per heavy atom. The van der Waals surface area contributed by atoms with Crippen molar-refractivity contribution in [3.05, 3.63) is 29.3 Å². The molecule has 1 aromatic carbocycles. The van der Waals surface area contributed by atoms with Crippen LogP contribution in [0, 0.1) is 6.92 Å². The van der Waals surface area contributed by atoms with Crippen LogP contribution in [0.4, 0.5) is 4.79 Å². The van der Waals surface area contributed by atoms with E-state index in [2.05, 4.69) is 20.8 Å². The van der Waals surface area contributed by atoms with Crippen molar-refractivity contribution < 1.29 is 17.9 Å². The Balaban J connectivity index is 2.22. The van der Waals surface area contributed by atoms with E-state index >= 15 is 0 Å². The first-order valence-electron chi connectivity index (χ1n) is 8.60. The van der Waals surface area contributed by atoms with Gasteiger partial charge in [-0.3, -0.25) is 0 Å². The Bertz CT molecular complexity index is 730. The molecule has 0 N–H and O–H groups in total. The van der Waals surface area contributed by atoms with Crippen molar-refractivity contribution in [2.45, 2.75) is 44.9 Å². The number of ether oxygens (including phenoxy) is 1. The van der Waals surface area contributed by atoms with Crippen molar-refractivity contribution in [2.24, 2.45) is 0 Å². The van der Waals surface area contributed by atoms with Gasteiger partial charge in [0.2, 0.25) is 10.0 Å². The number of rotatable bonds is 3. The maximum absolute atomic E-state index is 13.1. The minimum absolute atomic E-state index is 0.124. The number of nitrogens with zero attached hydrogens (tertiary/aromatic N) is 2. The molecule has 0 bridgehead atoms. The lowest BCUT2D eigenvalue weighted by Gasteiger charge is -2.33. The van der Waals surface area contributed by atoms with Gasteiger partial charge in [0.1, 0.15) is 0 Å². The third kappa shape index (κ3) is 4.33. The second-order valence-electron chi connectivity index (χ2n) is 7.32. The molecule has 0 saturated carbocycles. The Morgan fingerprint density at radius 2 is 1.76 bits per heavy atom. The molecule has 0 aliphatic carbocycles. The molecule has 0 unspecified atom stereocenters. The molecular formula is C18H28N2O4S. The van der Waals surface area contributed by atoms with Crippen LogP contribution in [-0.2, 0) is 20.2 Å². The zero-order valence-corrected chi connectivity index (χ0v) is 16.5. The van der Waals surface area contributed by atoms with Crippen molar-refractivity contribution in [1.82, 2.24) is 9.21 Å². The number of amides is 1. The SMILES string of the molecule is CCOC(=O)N1CCN(S(=O)(=O)c2cc(C(C)(C)C)ccc2C)CC1. The van der Waals surface area contributed by atoms with Crippen LogP contribution < -0.4 is 0 Å². The van der Waals surface area contributed by atoms with Crippen LogP contribution in [0.1, 0.15) is 38.8 Å². The topological polar surface area (TPSA) is 66.9 Å². The Kier molecular flexibility index (Phi) is 5.79. The summed E-state index contributed by atoms with van der Waals surface area (Å²) in [6, 6.07) is 5.62. The number of sulfonamides is 1. The summed E-state index contributed by atoms with van der Waals surface area (Å²) >= 11 is 0. The molecule has 6 nitrogen and oxygen atoms in total. The van der Waals surface area contributed by atoms with Crippen LogP contribution in [0.3, 0.4) is 0 Å². The van der Waals surface area contributed by atoms with E-state index in [4.69, 9.17) is 4.74 Å². The van der Waals surface area contributed by atoms with Crippen molar-refractivity contribution >= 4 is 16.1 Å². The van der Waals surface area contributed by atoms with Gasteiger partial charge < -0.3 is 9.64 Å². The number of carbonyl (C=O) groups is 1. The van der Waals surface area contributed by atoms with E-state index in [-0.39, 0.29) is 24.6 Å². The van der Waals surface area contributed by atoms with Gasteiger partial charge in [0.05, 0.1) is 11.5 Å². The highest BCUT2D eigenvalue weighted by Crippen LogP contribution is 2.28. The van der Waals surface area contributed by atoms with E-state index in [0.717, 1.165) is 11.1 Å². The third-order valence-electron chi connectivity index (χ3n) is 4.44. The van der Waals surface area contributed by atoms with E-state index in [1.165, 1.54) is 4.31 Å². The summed E-state index contributed by atoms with van der Waals surface area (Å²) in [5.74, 6) is 0. The summed E-state index contributed by atoms with van der Waals surface area (Å²) < 4.78 is 32.6. The van der Waals surface area contributed by atoms with Crippen LogP contribution in [0.15, 0.2) is 23.1 Å². The molecule has 0 atom stereocenters. The van der Waals surface area contributed by atoms with Crippen LogP contribution in [0.25, 0.3) is 0 Å². The molecule has 1 aliphatic heterocycles. The number of hydrogen-bond acceptors (Lipinski definition) is 4. The molecule has 1 aromatic rings. The van der Waals surface area contributed by atoms with Gasteiger partial charge in [-0.15, -0.1) is 0 Å². The quantitative estimate of drug-likeness (QED) is 0.823. The highest BCUT2D eigenvalue weighted by Gasteiger charge is 2.32. The molecule has 1 heterocycles. The van der Waals surface area contributed by atoms with Crippen LogP contribution in [0.2, 0.25) is 0 Å². The largest absolute Gasteiger partial charge is 0.450 e. The van der Waals surface area contributed by atoms with Crippen molar-refractivity contribution in [3.8, 4) is 0 Å². The number of carbonyl (C=O) groups excluding carboxylic acids is 1. The summed E-state index contributed by atoms with van der Waals surface area (Å²) in [5, 5.41) is 0. The molecule has 1 fully saturated rings. The van der Waals surface area contributed by atoms with E-state index in [0.29, 0.717) is 24.6 Å². The monoisotopic (exact) mass is 368 g/mol. The van der Waals surface area contributed by atoms with Gasteiger partial charge in [0, 0.05) is 26.2 Å². The smallest absolute Gasteiger partial charge is 0.409 e. The van der Waals surface area contributed by atoms with E-state index < -0.39 is 10.0 Å². The van der Waals surface area contributed by atoms with Gasteiger partial charge in [-0.1, -0.05) is 32.9 Å². The number of hydrogen-bond donors (Lipinski definition) is 0. The van der Waals surface area contributed by atoms with Gasteiger partial charge in [-0.2, -0.15) is 4.31 Å². The highest BCUT2D eigenvalue weighted by molar-refractivity contribution is 7.89. The molecule has 1 aliphatic rings. The predicted molar refractivity (Wildman–Crippen MR) is 97.2 cm³/mol. The Morgan fingerprint density at radius 3 is 2.28 bits per heavy atom. The van der Waals surface area contributed by atoms with E-state index in [9.17, 15) is 13.2 Å². The molecule has 0 spiro atoms. The average Bonchev–Trinajstić information content (AvgIpc) is 2.54. The number of aryl methyl sites for hydroxylation is 1. The molecule has 0 aromatic heterocycles. The molecule has 140 valence electrons. The second kappa shape index (κ2) is 7.33. The lowest BCUT2D eigenvalue weighted by molar-refractivity contribution is 0.0934. The summed E-state index contributed by atoms with van der Waals surface area (Å²) in [7, 11) is -3.58. The first-order valence-corrected chi connectivity index (χ1v) is 10.0. The zero-order chi connectivity index (χ0) is 18.8. The van der Waals surface area contributed by atoms with Crippen LogP contribution >= 0.6 is 0 Å². The fourth-order valence-corrected chi connectivity index (χ4v) is 4.48. The van der Waals surface area contributed by atoms with Crippen molar-refractivity contribution in [2.75, 3.05) is 32.8 Å². The van der Waals surface area contributed by atoms with Crippen LogP contribution in [0.5, 0.6) is 0 Å². The van der Waals surface area contributed by atoms with Gasteiger partial charge in [0.15, 0.2) is 0 Å². The lowest BCUT2D eigenvalue weighted by Crippen LogP contribution is -2.50. The summed E-state index contributed by atoms with van der Waals surface area (Å²) in [4.78, 5) is 13.7. The first kappa shape index (κ1) is 19.7. The molecule has 1 amide bonds. The zero-order valence-electron chi connectivity index (χ0n) is 15.7. The lowest BCUT2D eigenvalue weighted by atomic mass is 9.87. The molecule has 1 saturated heterocycles. The molecule has 7 heteroatoms. The van der Waals surface area contributed by atoms with Gasteiger partial charge in [0.25, 0.3) is 0 Å². The predicted octanol–water partition coefficient (Wildman–Crippen LogP) is 2.76. The summed E-state index contributed by atoms with van der Waals surface area (Å²) in [5.41, 5.74) is 1.60. The standard InChI is InChI=1S/C18H28N2O4S/c1-6-24-17(21)19-9-11-20(12-10-19)25(22,23)16-13-15(18(3,4)5)8-7-14(16)2/h7-8,13H,6,9-12H2,1-5H3. The van der Waals surface area contributed by atoms with Crippen LogP contribution in [-0.4, -0.2) is 56.5 Å². The first-order chi connectivity index (χ1) is 11.6. The summed E-state index contributed by atoms with van der Waals surface area (Å²) in [6.45, 7) is 11.3. The van der Waals surface area contributed by atoms with Crippen molar-refractivity contribution in [3.63, 3.8) is 0 Å². The number of benzene rings is 1. The normalized spacial score (nSPS) is 16.8. The summed E-state index contributed by atoms with van der Waals surface area (Å²) in [6.07, 6.45) is -0.384. The molecule has 2 rings (SSSR count). The Labute approximate surface area is 150 Å². The van der Waals surface area contributed by atoms with Gasteiger partial charge in [-0.25, -0.2) is 13.2 Å². The highest BCUT2D eigenvalue weighted by atomic mass is 32.2. The fourth-order valence-electron chi connectivity index (χ4n) is 2.81. The maximum Gasteiger partial charge on any atom is 0.409 e. The minimum Gasteiger partial charge on any atom is -0.450 e. The fraction of sp³-hybridized carbons (Fsp3) is 0.611. The molecule has 0 radical (unpaired) electrons. The molecule has 25 heavy (non-hydrogen) atoms. The van der Waals surface area contributed by atoms with Crippen molar-refractivity contribution in [1.29, 1.82) is 0 Å². The minimum atomic E-state index is -3.58. The molecular weight excluding hydrogens is 340 g/mol. The third-order valence-corrected chi connectivity index (χ3v) is 6.48. The van der Waals surface area contributed by atoms with Gasteiger partial charge in [-0.05, 0) is 36.5 Å². The van der Waals surface area contributed by atoms with E-state index in [1.54, 1.807) is 17.9 Å². The maximum atomic E-state index is 13.1. The second-order valence-corrected chi connectivity index (χ2v) is 9.23. The Hall–Kier alpha value is -1.60. The van der Waals surface area contributed by atoms with Gasteiger partial charge >= 0.3 is 6.09 Å². The average molecular weight is 368 g/mol. The van der Waals surface area contributed by atoms with E-state index in [1.807, 2.05) is 19.1 Å².